The third-order valence-electron chi connectivity index (χ3n) is 4.67. The number of likely N-dealkylation sites (tertiary alicyclic amines) is 1. The van der Waals surface area contributed by atoms with E-state index < -0.39 is 0 Å². The highest BCUT2D eigenvalue weighted by atomic mass is 16.5. The highest BCUT2D eigenvalue weighted by Gasteiger charge is 2.36. The Hall–Kier alpha value is -1.79. The van der Waals surface area contributed by atoms with Gasteiger partial charge in [-0.1, -0.05) is 6.92 Å². The van der Waals surface area contributed by atoms with Gasteiger partial charge in [0, 0.05) is 12.6 Å². The van der Waals surface area contributed by atoms with E-state index in [0.717, 1.165) is 19.5 Å². The molecule has 1 fully saturated rings. The lowest BCUT2D eigenvalue weighted by Gasteiger charge is -2.26. The Bertz CT molecular complexity index is 564. The van der Waals surface area contributed by atoms with Crippen LogP contribution in [0.1, 0.15) is 20.3 Å². The lowest BCUT2D eigenvalue weighted by molar-refractivity contribution is -0.120. The van der Waals surface area contributed by atoms with E-state index in [1.165, 1.54) is 0 Å². The molecule has 0 bridgehead atoms. The van der Waals surface area contributed by atoms with Crippen LogP contribution in [0.5, 0.6) is 11.5 Å². The number of hydrogen-bond acceptors (Lipinski definition) is 5. The zero-order chi connectivity index (χ0) is 17.0. The van der Waals surface area contributed by atoms with Crippen molar-refractivity contribution in [2.75, 3.05) is 39.2 Å². The third-order valence-corrected chi connectivity index (χ3v) is 4.67. The number of hydrogen-bond donors (Lipinski definition) is 2. The van der Waals surface area contributed by atoms with Gasteiger partial charge in [-0.2, -0.15) is 0 Å². The number of carbonyl (C=O) groups excluding carboxylic acids is 1. The van der Waals surface area contributed by atoms with Crippen molar-refractivity contribution in [1.82, 2.24) is 4.90 Å². The summed E-state index contributed by atoms with van der Waals surface area (Å²) in [5, 5.41) is 2.94. The molecule has 1 saturated heterocycles. The normalized spacial score (nSPS) is 22.7. The molecule has 3 N–H and O–H groups in total. The highest BCUT2D eigenvalue weighted by Crippen LogP contribution is 2.31. The maximum absolute atomic E-state index is 12.6. The molecule has 23 heavy (non-hydrogen) atoms. The first-order valence-electron chi connectivity index (χ1n) is 7.89. The van der Waals surface area contributed by atoms with Gasteiger partial charge in [0.25, 0.3) is 0 Å². The molecular formula is C17H27N3O3. The molecule has 1 amide bonds. The predicted molar refractivity (Wildman–Crippen MR) is 91.0 cm³/mol. The molecule has 0 radical (unpaired) electrons. The smallest absolute Gasteiger partial charge is 0.241 e. The van der Waals surface area contributed by atoms with Crippen LogP contribution in [0.2, 0.25) is 0 Å². The van der Waals surface area contributed by atoms with E-state index in [0.29, 0.717) is 23.7 Å². The number of carbonyl (C=O) groups is 1. The van der Waals surface area contributed by atoms with Crippen LogP contribution in [0.25, 0.3) is 0 Å². The minimum atomic E-state index is -0.213. The van der Waals surface area contributed by atoms with E-state index >= 15 is 0 Å². The van der Waals surface area contributed by atoms with Crippen molar-refractivity contribution < 1.29 is 14.3 Å². The quantitative estimate of drug-likeness (QED) is 0.834. The van der Waals surface area contributed by atoms with Gasteiger partial charge in [-0.3, -0.25) is 9.69 Å². The molecule has 1 heterocycles. The summed E-state index contributed by atoms with van der Waals surface area (Å²) in [5.74, 6) is 1.22. The summed E-state index contributed by atoms with van der Waals surface area (Å²) in [7, 11) is 3.16. The number of nitrogens with zero attached hydrogens (tertiary/aromatic N) is 1. The molecule has 1 aromatic carbocycles. The molecule has 0 saturated carbocycles. The Morgan fingerprint density at radius 1 is 1.43 bits per heavy atom. The molecule has 1 aliphatic heterocycles. The lowest BCUT2D eigenvalue weighted by atomic mass is 9.90. The monoisotopic (exact) mass is 321 g/mol. The van der Waals surface area contributed by atoms with Crippen LogP contribution in [0.15, 0.2) is 18.2 Å². The molecule has 6 nitrogen and oxygen atoms in total. The summed E-state index contributed by atoms with van der Waals surface area (Å²) in [6.07, 6.45) is 1.02. The molecule has 0 aromatic heterocycles. The first-order chi connectivity index (χ1) is 10.9. The number of nitrogens with two attached hydrogens (primary N) is 1. The lowest BCUT2D eigenvalue weighted by Crippen LogP contribution is -2.42. The highest BCUT2D eigenvalue weighted by molar-refractivity contribution is 5.96. The van der Waals surface area contributed by atoms with Gasteiger partial charge in [0.05, 0.1) is 25.9 Å². The second-order valence-electron chi connectivity index (χ2n) is 6.47. The summed E-state index contributed by atoms with van der Waals surface area (Å²) < 4.78 is 10.5. The van der Waals surface area contributed by atoms with Gasteiger partial charge in [0.2, 0.25) is 5.91 Å². The van der Waals surface area contributed by atoms with Crippen LogP contribution in [-0.4, -0.2) is 50.7 Å². The number of rotatable bonds is 6. The van der Waals surface area contributed by atoms with Crippen LogP contribution in [0.3, 0.4) is 0 Å². The molecule has 2 rings (SSSR count). The maximum atomic E-state index is 12.6. The Labute approximate surface area is 137 Å². The average Bonchev–Trinajstić information content (AvgIpc) is 2.97. The Morgan fingerprint density at radius 2 is 2.17 bits per heavy atom. The van der Waals surface area contributed by atoms with Crippen molar-refractivity contribution >= 4 is 11.6 Å². The van der Waals surface area contributed by atoms with Crippen LogP contribution in [0.4, 0.5) is 5.69 Å². The molecule has 2 unspecified atom stereocenters. The van der Waals surface area contributed by atoms with E-state index in [2.05, 4.69) is 17.1 Å². The minimum absolute atomic E-state index is 0.0465. The van der Waals surface area contributed by atoms with Gasteiger partial charge >= 0.3 is 0 Å². The molecular weight excluding hydrogens is 294 g/mol. The molecule has 128 valence electrons. The predicted octanol–water partition coefficient (Wildman–Crippen LogP) is 1.70. The van der Waals surface area contributed by atoms with Crippen LogP contribution in [-0.2, 0) is 4.79 Å². The van der Waals surface area contributed by atoms with E-state index in [-0.39, 0.29) is 17.4 Å². The van der Waals surface area contributed by atoms with E-state index in [1.54, 1.807) is 32.4 Å². The molecule has 0 aliphatic carbocycles. The first-order valence-corrected chi connectivity index (χ1v) is 7.89. The van der Waals surface area contributed by atoms with Crippen molar-refractivity contribution in [1.29, 1.82) is 0 Å². The molecule has 2 atom stereocenters. The molecule has 1 aliphatic rings. The molecule has 6 heteroatoms. The second-order valence-corrected chi connectivity index (χ2v) is 6.47. The number of anilines is 1. The Kier molecular flexibility index (Phi) is 5.49. The fourth-order valence-electron chi connectivity index (χ4n) is 2.86. The fraction of sp³-hybridized carbons (Fsp3) is 0.588. The number of methoxy groups -OCH3 is 2. The second kappa shape index (κ2) is 7.19. The molecule has 1 aromatic rings. The van der Waals surface area contributed by atoms with Gasteiger partial charge in [0.15, 0.2) is 0 Å². The zero-order valence-electron chi connectivity index (χ0n) is 14.4. The largest absolute Gasteiger partial charge is 0.497 e. The van der Waals surface area contributed by atoms with Crippen LogP contribution in [0, 0.1) is 5.41 Å². The van der Waals surface area contributed by atoms with E-state index in [4.69, 9.17) is 15.2 Å². The standard InChI is InChI=1S/C17H27N3O3/c1-12(20-8-7-17(2,10-18)11-20)16(21)19-14-6-5-13(22-3)9-15(14)23-4/h5-6,9,12H,7-8,10-11,18H2,1-4H3,(H,19,21). The van der Waals surface area contributed by atoms with Crippen LogP contribution >= 0.6 is 0 Å². The van der Waals surface area contributed by atoms with Gasteiger partial charge in [-0.25, -0.2) is 0 Å². The van der Waals surface area contributed by atoms with Crippen LogP contribution < -0.4 is 20.5 Å². The first kappa shape index (κ1) is 17.6. The van der Waals surface area contributed by atoms with Crippen molar-refractivity contribution in [3.63, 3.8) is 0 Å². The van der Waals surface area contributed by atoms with Gasteiger partial charge in [-0.15, -0.1) is 0 Å². The number of amides is 1. The molecule has 0 spiro atoms. The van der Waals surface area contributed by atoms with Crippen molar-refractivity contribution in [3.05, 3.63) is 18.2 Å². The topological polar surface area (TPSA) is 76.8 Å². The van der Waals surface area contributed by atoms with Gasteiger partial charge in [-0.05, 0) is 44.0 Å². The zero-order valence-corrected chi connectivity index (χ0v) is 14.4. The minimum Gasteiger partial charge on any atom is -0.497 e. The number of nitrogens with one attached hydrogen (secondary N) is 1. The summed E-state index contributed by atoms with van der Waals surface area (Å²) in [6, 6.07) is 5.12. The fourth-order valence-corrected chi connectivity index (χ4v) is 2.86. The summed E-state index contributed by atoms with van der Waals surface area (Å²) in [5.41, 5.74) is 6.59. The van der Waals surface area contributed by atoms with Crippen molar-refractivity contribution in [3.8, 4) is 11.5 Å². The van der Waals surface area contributed by atoms with Crippen molar-refractivity contribution in [2.45, 2.75) is 26.3 Å². The summed E-state index contributed by atoms with van der Waals surface area (Å²) >= 11 is 0. The van der Waals surface area contributed by atoms with Crippen molar-refractivity contribution in [2.24, 2.45) is 11.1 Å². The Balaban J connectivity index is 2.04. The Morgan fingerprint density at radius 3 is 2.74 bits per heavy atom. The SMILES string of the molecule is COc1ccc(NC(=O)C(C)N2CCC(C)(CN)C2)c(OC)c1. The summed E-state index contributed by atoms with van der Waals surface area (Å²) in [4.78, 5) is 14.7. The third kappa shape index (κ3) is 3.95. The maximum Gasteiger partial charge on any atom is 0.241 e. The summed E-state index contributed by atoms with van der Waals surface area (Å²) in [6.45, 7) is 6.47. The van der Waals surface area contributed by atoms with E-state index in [9.17, 15) is 4.79 Å². The number of benzene rings is 1. The van der Waals surface area contributed by atoms with E-state index in [1.807, 2.05) is 6.92 Å². The van der Waals surface area contributed by atoms with Gasteiger partial charge < -0.3 is 20.5 Å². The average molecular weight is 321 g/mol. The van der Waals surface area contributed by atoms with Gasteiger partial charge in [0.1, 0.15) is 11.5 Å². The number of ether oxygens (including phenoxy) is 2.